The molecule has 9 heavy (non-hydrogen) atoms. The predicted molar refractivity (Wildman–Crippen MR) is 40.8 cm³/mol. The van der Waals surface area contributed by atoms with Gasteiger partial charge >= 0.3 is 12.4 Å². The third kappa shape index (κ3) is 1.09. The van der Waals surface area contributed by atoms with Crippen molar-refractivity contribution >= 4 is 34.8 Å². The van der Waals surface area contributed by atoms with Crippen LogP contribution in [0, 0.1) is 0 Å². The lowest BCUT2D eigenvalue weighted by Crippen LogP contribution is -2.36. The molecule has 1 rings (SSSR count). The van der Waals surface area contributed by atoms with Gasteiger partial charge in [0.15, 0.2) is 22.5 Å². The Labute approximate surface area is 63.7 Å². The van der Waals surface area contributed by atoms with E-state index >= 15 is 0 Å². The maximum atomic E-state index is 5.63. The molecule has 1 saturated heterocycles. The second-order valence-electron chi connectivity index (χ2n) is 1.56. The van der Waals surface area contributed by atoms with Crippen molar-refractivity contribution in [2.45, 2.75) is 0 Å². The molecule has 52 valence electrons. The van der Waals surface area contributed by atoms with E-state index in [1.54, 1.807) is 18.8 Å². The summed E-state index contributed by atoms with van der Waals surface area (Å²) >= 11 is 11.3. The van der Waals surface area contributed by atoms with Crippen LogP contribution in [0.4, 0.5) is 0 Å². The van der Waals surface area contributed by atoms with Gasteiger partial charge in [-0.2, -0.15) is 0 Å². The predicted octanol–water partition coefficient (Wildman–Crippen LogP) is 2.09. The highest BCUT2D eigenvalue weighted by Gasteiger charge is 2.60. The molecule has 0 aromatic rings. The SMILES string of the molecule is CN=C1O[P+](Cl)(Cl)N1C. The van der Waals surface area contributed by atoms with E-state index in [9.17, 15) is 0 Å². The second-order valence-corrected chi connectivity index (χ2v) is 6.48. The van der Waals surface area contributed by atoms with Gasteiger partial charge in [0.25, 0.3) is 0 Å². The molecule has 1 fully saturated rings. The zero-order chi connectivity index (χ0) is 7.07. The number of aliphatic imine (C=N–C) groups is 1. The second kappa shape index (κ2) is 2.15. The van der Waals surface area contributed by atoms with Crippen LogP contribution in [0.2, 0.25) is 0 Å². The van der Waals surface area contributed by atoms with E-state index < -0.39 is 6.35 Å². The first-order valence-electron chi connectivity index (χ1n) is 2.27. The summed E-state index contributed by atoms with van der Waals surface area (Å²) in [4.78, 5) is 3.75. The highest BCUT2D eigenvalue weighted by molar-refractivity contribution is 8.14. The van der Waals surface area contributed by atoms with Gasteiger partial charge in [-0.15, -0.1) is 4.67 Å². The Kier molecular flexibility index (Phi) is 1.77. The highest BCUT2D eigenvalue weighted by atomic mass is 35.9. The highest BCUT2D eigenvalue weighted by Crippen LogP contribution is 2.78. The molecule has 0 N–H and O–H groups in total. The fourth-order valence-corrected chi connectivity index (χ4v) is 1.97. The number of rotatable bonds is 0. The van der Waals surface area contributed by atoms with Crippen molar-refractivity contribution in [3.63, 3.8) is 0 Å². The Morgan fingerprint density at radius 2 is 2.22 bits per heavy atom. The number of hydrogen-bond donors (Lipinski definition) is 0. The maximum absolute atomic E-state index is 5.63. The summed E-state index contributed by atoms with van der Waals surface area (Å²) < 4.78 is 6.54. The van der Waals surface area contributed by atoms with Gasteiger partial charge in [0.05, 0.1) is 7.05 Å². The lowest BCUT2D eigenvalue weighted by molar-refractivity contribution is 0.422. The lowest BCUT2D eigenvalue weighted by atomic mass is 11.0. The van der Waals surface area contributed by atoms with E-state index in [0.29, 0.717) is 6.02 Å². The Morgan fingerprint density at radius 1 is 1.67 bits per heavy atom. The van der Waals surface area contributed by atoms with Gasteiger partial charge in [0.2, 0.25) is 0 Å². The van der Waals surface area contributed by atoms with Crippen molar-refractivity contribution in [1.29, 1.82) is 0 Å². The van der Waals surface area contributed by atoms with E-state index in [1.165, 1.54) is 0 Å². The number of amidine groups is 1. The number of hydrogen-bond acceptors (Lipinski definition) is 2. The van der Waals surface area contributed by atoms with Gasteiger partial charge in [0.1, 0.15) is 0 Å². The standard InChI is InChI=1S/C3H6Cl2N2OP/c1-6-3-7(2)9(4,5)8-3/h1-2H3/q+1. The van der Waals surface area contributed by atoms with Gasteiger partial charge in [-0.3, -0.25) is 0 Å². The fourth-order valence-electron chi connectivity index (χ4n) is 0.471. The molecule has 0 spiro atoms. The molecule has 6 heteroatoms. The Bertz CT molecular complexity index is 160. The third-order valence-electron chi connectivity index (χ3n) is 1.01. The molecular formula is C3H6Cl2N2OP+. The first kappa shape index (κ1) is 7.39. The van der Waals surface area contributed by atoms with Crippen molar-refractivity contribution in [2.75, 3.05) is 14.1 Å². The Morgan fingerprint density at radius 3 is 2.33 bits per heavy atom. The van der Waals surface area contributed by atoms with Crippen molar-refractivity contribution in [3.8, 4) is 0 Å². The molecule has 0 saturated carbocycles. The molecule has 3 nitrogen and oxygen atoms in total. The summed E-state index contributed by atoms with van der Waals surface area (Å²) in [6, 6.07) is 0.508. The molecule has 0 unspecified atom stereocenters. The maximum Gasteiger partial charge on any atom is 0.491 e. The molecule has 0 radical (unpaired) electrons. The van der Waals surface area contributed by atoms with Crippen LogP contribution in [0.15, 0.2) is 4.99 Å². The summed E-state index contributed by atoms with van der Waals surface area (Å²) in [5.41, 5.74) is 0. The number of halogens is 2. The normalized spacial score (nSPS) is 27.6. The molecule has 0 aromatic carbocycles. The van der Waals surface area contributed by atoms with E-state index in [-0.39, 0.29) is 0 Å². The zero-order valence-electron chi connectivity index (χ0n) is 5.01. The monoisotopic (exact) mass is 187 g/mol. The molecule has 1 aliphatic heterocycles. The lowest BCUT2D eigenvalue weighted by Gasteiger charge is -2.28. The molecule has 0 amide bonds. The van der Waals surface area contributed by atoms with E-state index in [2.05, 4.69) is 4.99 Å². The summed E-state index contributed by atoms with van der Waals surface area (Å²) in [5.74, 6) is 0. The molecule has 0 bridgehead atoms. The Hall–Kier alpha value is 0.280. The number of nitrogens with zero attached hydrogens (tertiary/aromatic N) is 2. The van der Waals surface area contributed by atoms with Crippen LogP contribution in [-0.4, -0.2) is 24.8 Å². The van der Waals surface area contributed by atoms with Gasteiger partial charge in [0, 0.05) is 7.05 Å². The smallest absolute Gasteiger partial charge is 0.246 e. The first-order chi connectivity index (χ1) is 4.08. The van der Waals surface area contributed by atoms with Crippen molar-refractivity contribution in [1.82, 2.24) is 4.67 Å². The molecule has 0 aliphatic carbocycles. The minimum absolute atomic E-state index is 0.508. The largest absolute Gasteiger partial charge is 0.491 e. The van der Waals surface area contributed by atoms with Crippen LogP contribution in [0.5, 0.6) is 0 Å². The summed E-state index contributed by atoms with van der Waals surface area (Å²) in [7, 11) is 3.37. The van der Waals surface area contributed by atoms with Gasteiger partial charge in [-0.1, -0.05) is 0 Å². The van der Waals surface area contributed by atoms with Gasteiger partial charge in [-0.25, -0.2) is 9.52 Å². The van der Waals surface area contributed by atoms with Gasteiger partial charge in [-0.05, 0) is 0 Å². The fraction of sp³-hybridized carbons (Fsp3) is 0.667. The topological polar surface area (TPSA) is 24.8 Å². The van der Waals surface area contributed by atoms with E-state index in [1.807, 2.05) is 0 Å². The van der Waals surface area contributed by atoms with Crippen LogP contribution in [0.1, 0.15) is 0 Å². The van der Waals surface area contributed by atoms with Crippen LogP contribution < -0.4 is 0 Å². The average molecular weight is 188 g/mol. The summed E-state index contributed by atoms with van der Waals surface area (Å²) in [5, 5.41) is 0. The summed E-state index contributed by atoms with van der Waals surface area (Å²) in [6.45, 7) is 0. The summed E-state index contributed by atoms with van der Waals surface area (Å²) in [6.07, 6.45) is -2.23. The van der Waals surface area contributed by atoms with Crippen LogP contribution in [-0.2, 0) is 4.52 Å². The van der Waals surface area contributed by atoms with E-state index in [0.717, 1.165) is 0 Å². The Balaban J connectivity index is 2.62. The van der Waals surface area contributed by atoms with E-state index in [4.69, 9.17) is 27.0 Å². The third-order valence-corrected chi connectivity index (χ3v) is 4.04. The average Bonchev–Trinajstić information content (AvgIpc) is 1.82. The molecule has 0 atom stereocenters. The minimum Gasteiger partial charge on any atom is -0.246 e. The zero-order valence-corrected chi connectivity index (χ0v) is 7.41. The van der Waals surface area contributed by atoms with Crippen LogP contribution >= 0.6 is 28.8 Å². The molecular weight excluding hydrogens is 182 g/mol. The quantitative estimate of drug-likeness (QED) is 0.543. The molecule has 1 aliphatic rings. The van der Waals surface area contributed by atoms with Crippen molar-refractivity contribution in [3.05, 3.63) is 0 Å². The molecule has 0 aromatic heterocycles. The van der Waals surface area contributed by atoms with Crippen molar-refractivity contribution in [2.24, 2.45) is 4.99 Å². The van der Waals surface area contributed by atoms with Crippen LogP contribution in [0.3, 0.4) is 0 Å². The molecule has 1 heterocycles. The van der Waals surface area contributed by atoms with Crippen LogP contribution in [0.25, 0.3) is 0 Å². The van der Waals surface area contributed by atoms with Gasteiger partial charge < -0.3 is 0 Å². The first-order valence-corrected chi connectivity index (χ1v) is 5.74. The van der Waals surface area contributed by atoms with Crippen molar-refractivity contribution < 1.29 is 4.52 Å². The minimum atomic E-state index is -2.23.